The van der Waals surface area contributed by atoms with E-state index in [2.05, 4.69) is 11.1 Å². The topological polar surface area (TPSA) is 36.1 Å². The van der Waals surface area contributed by atoms with Gasteiger partial charge in [0.15, 0.2) is 0 Å². The predicted molar refractivity (Wildman–Crippen MR) is 67.8 cm³/mol. The lowest BCUT2D eigenvalue weighted by Gasteiger charge is -2.15. The zero-order chi connectivity index (χ0) is 11.8. The standard InChI is InChI=1S/C14H16N2O/c1-16(11-6-7-11)14(17)8-10-9-15-13-5-3-2-4-12(10)13/h2-5,9,11,15H,6-8H2,1H3. The van der Waals surface area contributed by atoms with Crippen LogP contribution in [-0.2, 0) is 11.2 Å². The highest BCUT2D eigenvalue weighted by Gasteiger charge is 2.29. The molecule has 1 N–H and O–H groups in total. The number of fused-ring (bicyclic) bond motifs is 1. The fourth-order valence-electron chi connectivity index (χ4n) is 2.23. The van der Waals surface area contributed by atoms with Gasteiger partial charge in [-0.1, -0.05) is 18.2 Å². The Bertz CT molecular complexity index is 554. The van der Waals surface area contributed by atoms with E-state index in [1.807, 2.05) is 36.3 Å². The van der Waals surface area contributed by atoms with Crippen LogP contribution in [0.1, 0.15) is 18.4 Å². The summed E-state index contributed by atoms with van der Waals surface area (Å²) >= 11 is 0. The van der Waals surface area contributed by atoms with Crippen molar-refractivity contribution in [2.75, 3.05) is 7.05 Å². The van der Waals surface area contributed by atoms with Crippen LogP contribution in [0.3, 0.4) is 0 Å². The fourth-order valence-corrected chi connectivity index (χ4v) is 2.23. The van der Waals surface area contributed by atoms with Crippen LogP contribution in [0.25, 0.3) is 10.9 Å². The average Bonchev–Trinajstić information content (AvgIpc) is 3.12. The quantitative estimate of drug-likeness (QED) is 0.860. The molecular formula is C14H16N2O. The molecule has 0 unspecified atom stereocenters. The molecular weight excluding hydrogens is 212 g/mol. The molecule has 0 bridgehead atoms. The molecule has 1 saturated carbocycles. The van der Waals surface area contributed by atoms with Gasteiger partial charge >= 0.3 is 0 Å². The van der Waals surface area contributed by atoms with Gasteiger partial charge in [-0.3, -0.25) is 4.79 Å². The summed E-state index contributed by atoms with van der Waals surface area (Å²) in [5.41, 5.74) is 2.20. The lowest BCUT2D eigenvalue weighted by atomic mass is 10.1. The molecule has 1 amide bonds. The van der Waals surface area contributed by atoms with Gasteiger partial charge in [-0.05, 0) is 24.5 Å². The summed E-state index contributed by atoms with van der Waals surface area (Å²) in [5, 5.41) is 1.16. The molecule has 3 rings (SSSR count). The maximum atomic E-state index is 12.0. The molecule has 3 heteroatoms. The van der Waals surface area contributed by atoms with Crippen molar-refractivity contribution in [3.8, 4) is 0 Å². The maximum absolute atomic E-state index is 12.0. The normalized spacial score (nSPS) is 15.1. The number of nitrogens with zero attached hydrogens (tertiary/aromatic N) is 1. The number of H-pyrrole nitrogens is 1. The predicted octanol–water partition coefficient (Wildman–Crippen LogP) is 2.33. The molecule has 0 spiro atoms. The van der Waals surface area contributed by atoms with Crippen molar-refractivity contribution in [1.29, 1.82) is 0 Å². The molecule has 2 aromatic rings. The first kappa shape index (κ1) is 10.4. The van der Waals surface area contributed by atoms with Gasteiger partial charge in [-0.25, -0.2) is 0 Å². The SMILES string of the molecule is CN(C(=O)Cc1c[nH]c2ccccc12)C1CC1. The number of hydrogen-bond acceptors (Lipinski definition) is 1. The van der Waals surface area contributed by atoms with E-state index in [0.717, 1.165) is 29.3 Å². The van der Waals surface area contributed by atoms with Gasteiger partial charge in [-0.15, -0.1) is 0 Å². The van der Waals surface area contributed by atoms with Crippen molar-refractivity contribution in [2.45, 2.75) is 25.3 Å². The summed E-state index contributed by atoms with van der Waals surface area (Å²) in [7, 11) is 1.91. The number of likely N-dealkylation sites (N-methyl/N-ethyl adjacent to an activating group) is 1. The van der Waals surface area contributed by atoms with E-state index in [1.54, 1.807) is 0 Å². The number of amides is 1. The molecule has 17 heavy (non-hydrogen) atoms. The summed E-state index contributed by atoms with van der Waals surface area (Å²) in [6.07, 6.45) is 4.77. The fraction of sp³-hybridized carbons (Fsp3) is 0.357. The van der Waals surface area contributed by atoms with Crippen LogP contribution in [0.5, 0.6) is 0 Å². The van der Waals surface area contributed by atoms with E-state index in [4.69, 9.17) is 0 Å². The van der Waals surface area contributed by atoms with E-state index in [-0.39, 0.29) is 5.91 Å². The smallest absolute Gasteiger partial charge is 0.227 e. The Morgan fingerprint density at radius 3 is 2.94 bits per heavy atom. The number of para-hydroxylation sites is 1. The minimum Gasteiger partial charge on any atom is -0.361 e. The molecule has 88 valence electrons. The largest absolute Gasteiger partial charge is 0.361 e. The molecule has 1 aromatic carbocycles. The van der Waals surface area contributed by atoms with Crippen molar-refractivity contribution in [3.05, 3.63) is 36.0 Å². The molecule has 1 heterocycles. The van der Waals surface area contributed by atoms with Crippen molar-refractivity contribution < 1.29 is 4.79 Å². The molecule has 3 nitrogen and oxygen atoms in total. The third-order valence-electron chi connectivity index (χ3n) is 3.50. The molecule has 0 aliphatic heterocycles. The van der Waals surface area contributed by atoms with Crippen LogP contribution >= 0.6 is 0 Å². The van der Waals surface area contributed by atoms with Crippen LogP contribution in [0, 0.1) is 0 Å². The molecule has 0 atom stereocenters. The Hall–Kier alpha value is -1.77. The van der Waals surface area contributed by atoms with Gasteiger partial charge in [0.2, 0.25) is 5.91 Å². The summed E-state index contributed by atoms with van der Waals surface area (Å²) < 4.78 is 0. The number of rotatable bonds is 3. The lowest BCUT2D eigenvalue weighted by Crippen LogP contribution is -2.30. The number of carbonyl (C=O) groups excluding carboxylic acids is 1. The Morgan fingerprint density at radius 2 is 2.18 bits per heavy atom. The second-order valence-corrected chi connectivity index (χ2v) is 4.77. The summed E-state index contributed by atoms with van der Waals surface area (Å²) in [5.74, 6) is 0.220. The molecule has 1 fully saturated rings. The van der Waals surface area contributed by atoms with Crippen LogP contribution in [0.15, 0.2) is 30.5 Å². The van der Waals surface area contributed by atoms with E-state index >= 15 is 0 Å². The van der Waals surface area contributed by atoms with Crippen molar-refractivity contribution in [2.24, 2.45) is 0 Å². The van der Waals surface area contributed by atoms with E-state index < -0.39 is 0 Å². The molecule has 1 aliphatic rings. The van der Waals surface area contributed by atoms with Crippen LogP contribution in [-0.4, -0.2) is 28.9 Å². The van der Waals surface area contributed by atoms with E-state index in [0.29, 0.717) is 12.5 Å². The summed E-state index contributed by atoms with van der Waals surface area (Å²) in [4.78, 5) is 17.1. The van der Waals surface area contributed by atoms with Gasteiger partial charge in [0.25, 0.3) is 0 Å². The molecule has 1 aromatic heterocycles. The van der Waals surface area contributed by atoms with Gasteiger partial charge < -0.3 is 9.88 Å². The first-order valence-corrected chi connectivity index (χ1v) is 6.06. The highest BCUT2D eigenvalue weighted by atomic mass is 16.2. The number of aromatic amines is 1. The monoisotopic (exact) mass is 228 g/mol. The van der Waals surface area contributed by atoms with Gasteiger partial charge in [0.1, 0.15) is 0 Å². The first-order valence-electron chi connectivity index (χ1n) is 6.06. The minimum absolute atomic E-state index is 0.220. The van der Waals surface area contributed by atoms with Gasteiger partial charge in [0, 0.05) is 30.2 Å². The van der Waals surface area contributed by atoms with Crippen LogP contribution in [0.4, 0.5) is 0 Å². The zero-order valence-corrected chi connectivity index (χ0v) is 9.94. The minimum atomic E-state index is 0.220. The summed E-state index contributed by atoms with van der Waals surface area (Å²) in [6, 6.07) is 8.60. The van der Waals surface area contributed by atoms with E-state index in [9.17, 15) is 4.79 Å². The average molecular weight is 228 g/mol. The Morgan fingerprint density at radius 1 is 1.41 bits per heavy atom. The molecule has 0 saturated heterocycles. The number of hydrogen-bond donors (Lipinski definition) is 1. The highest BCUT2D eigenvalue weighted by molar-refractivity contribution is 5.88. The molecule has 1 aliphatic carbocycles. The van der Waals surface area contributed by atoms with Crippen LogP contribution < -0.4 is 0 Å². The van der Waals surface area contributed by atoms with Crippen molar-refractivity contribution in [3.63, 3.8) is 0 Å². The Labute approximate surface area is 100 Å². The number of nitrogens with one attached hydrogen (secondary N) is 1. The lowest BCUT2D eigenvalue weighted by molar-refractivity contribution is -0.129. The third kappa shape index (κ3) is 1.93. The number of aromatic nitrogens is 1. The Kier molecular flexibility index (Phi) is 2.39. The number of benzene rings is 1. The highest BCUT2D eigenvalue weighted by Crippen LogP contribution is 2.26. The first-order chi connectivity index (χ1) is 8.25. The van der Waals surface area contributed by atoms with Gasteiger partial charge in [0.05, 0.1) is 6.42 Å². The Balaban J connectivity index is 1.82. The summed E-state index contributed by atoms with van der Waals surface area (Å²) in [6.45, 7) is 0. The second kappa shape index (κ2) is 3.91. The van der Waals surface area contributed by atoms with E-state index in [1.165, 1.54) is 0 Å². The number of carbonyl (C=O) groups is 1. The maximum Gasteiger partial charge on any atom is 0.227 e. The third-order valence-corrected chi connectivity index (χ3v) is 3.50. The molecule has 0 radical (unpaired) electrons. The van der Waals surface area contributed by atoms with Crippen molar-refractivity contribution >= 4 is 16.8 Å². The van der Waals surface area contributed by atoms with Crippen molar-refractivity contribution in [1.82, 2.24) is 9.88 Å². The van der Waals surface area contributed by atoms with Crippen LogP contribution in [0.2, 0.25) is 0 Å². The second-order valence-electron chi connectivity index (χ2n) is 4.77. The van der Waals surface area contributed by atoms with Gasteiger partial charge in [-0.2, -0.15) is 0 Å². The zero-order valence-electron chi connectivity index (χ0n) is 9.94.